The van der Waals surface area contributed by atoms with Crippen molar-refractivity contribution >= 4 is 58.8 Å². The maximum absolute atomic E-state index is 15.5. The zero-order chi connectivity index (χ0) is 41.9. The standard InChI is InChI=1S/C49H41ClN2O8/c1-58-34-19-23-42(60-3)29(24-34)15-12-28-13-16-32(17-14-28)51-45(54)37-21-20-36-38(43(37)47(51)56)27-40-46(55)52(33-11-7-10-31(50)25-33)48(57)49(40,30-8-5-4-6-9-30)44(36)39-26-35(59-2)18-22-41(39)53/h4-20,22-26,37-38,40,43-44,53H,21,27H2,1-3H3/t37-,38+,40-,43-,44+,49+/m0/s1. The normalized spacial score (nSPS) is 24.6. The van der Waals surface area contributed by atoms with Gasteiger partial charge in [-0.2, -0.15) is 0 Å². The van der Waals surface area contributed by atoms with E-state index in [9.17, 15) is 14.7 Å². The number of amides is 4. The van der Waals surface area contributed by atoms with Crippen LogP contribution >= 0.6 is 11.6 Å². The van der Waals surface area contributed by atoms with E-state index in [0.29, 0.717) is 44.8 Å². The number of fused-ring (bicyclic) bond motifs is 4. The highest BCUT2D eigenvalue weighted by molar-refractivity contribution is 6.32. The van der Waals surface area contributed by atoms with Gasteiger partial charge in [0.25, 0.3) is 0 Å². The monoisotopic (exact) mass is 820 g/mol. The van der Waals surface area contributed by atoms with E-state index in [-0.39, 0.29) is 30.4 Å². The highest BCUT2D eigenvalue weighted by Gasteiger charge is 2.70. The molecule has 1 N–H and O–H groups in total. The average Bonchev–Trinajstić information content (AvgIpc) is 3.66. The molecule has 2 saturated heterocycles. The van der Waals surface area contributed by atoms with Crippen LogP contribution in [0.3, 0.4) is 0 Å². The topological polar surface area (TPSA) is 123 Å². The molecular weight excluding hydrogens is 780 g/mol. The molecule has 0 spiro atoms. The summed E-state index contributed by atoms with van der Waals surface area (Å²) in [6.07, 6.45) is 6.13. The summed E-state index contributed by atoms with van der Waals surface area (Å²) in [6, 6.07) is 33.4. The van der Waals surface area contributed by atoms with E-state index in [2.05, 4.69) is 0 Å². The number of allylic oxidation sites excluding steroid dienone is 2. The Morgan fingerprint density at radius 1 is 0.700 bits per heavy atom. The molecule has 5 aromatic rings. The van der Waals surface area contributed by atoms with Crippen LogP contribution in [0.4, 0.5) is 11.4 Å². The molecule has 9 rings (SSSR count). The fraction of sp³-hybridized carbons (Fsp3) is 0.224. The van der Waals surface area contributed by atoms with Crippen LogP contribution in [-0.4, -0.2) is 50.1 Å². The summed E-state index contributed by atoms with van der Waals surface area (Å²) < 4.78 is 16.5. The van der Waals surface area contributed by atoms with Crippen molar-refractivity contribution in [3.8, 4) is 23.0 Å². The third-order valence-corrected chi connectivity index (χ3v) is 13.0. The van der Waals surface area contributed by atoms with Crippen molar-refractivity contribution in [3.05, 3.63) is 154 Å². The molecule has 5 aromatic carbocycles. The van der Waals surface area contributed by atoms with E-state index in [1.54, 1.807) is 62.8 Å². The first kappa shape index (κ1) is 38.8. The van der Waals surface area contributed by atoms with Crippen LogP contribution in [0.2, 0.25) is 5.02 Å². The minimum Gasteiger partial charge on any atom is -0.508 e. The number of methoxy groups -OCH3 is 3. The number of carbonyl (C=O) groups excluding carboxylic acids is 4. The van der Waals surface area contributed by atoms with Gasteiger partial charge < -0.3 is 19.3 Å². The number of halogens is 1. The van der Waals surface area contributed by atoms with Crippen molar-refractivity contribution in [3.63, 3.8) is 0 Å². The molecule has 0 aromatic heterocycles. The van der Waals surface area contributed by atoms with Gasteiger partial charge in [0.05, 0.1) is 55.9 Å². The van der Waals surface area contributed by atoms with Crippen LogP contribution in [0.5, 0.6) is 23.0 Å². The summed E-state index contributed by atoms with van der Waals surface area (Å²) >= 11 is 6.44. The molecule has 10 nitrogen and oxygen atoms in total. The summed E-state index contributed by atoms with van der Waals surface area (Å²) in [6.45, 7) is 0. The summed E-state index contributed by atoms with van der Waals surface area (Å²) in [5.74, 6) is -3.87. The van der Waals surface area contributed by atoms with Gasteiger partial charge in [-0.15, -0.1) is 0 Å². The lowest BCUT2D eigenvalue weighted by atomic mass is 9.49. The van der Waals surface area contributed by atoms with E-state index in [1.807, 2.05) is 78.9 Å². The summed E-state index contributed by atoms with van der Waals surface area (Å²) in [5, 5.41) is 12.1. The van der Waals surface area contributed by atoms with Gasteiger partial charge in [-0.05, 0) is 96.6 Å². The van der Waals surface area contributed by atoms with Crippen LogP contribution in [0.15, 0.2) is 127 Å². The Labute approximate surface area is 352 Å². The Morgan fingerprint density at radius 3 is 2.15 bits per heavy atom. The third-order valence-electron chi connectivity index (χ3n) is 12.8. The fourth-order valence-electron chi connectivity index (χ4n) is 10.1. The number of phenols is 1. The Kier molecular flexibility index (Phi) is 9.83. The lowest BCUT2D eigenvalue weighted by molar-refractivity contribution is -0.127. The number of hydrogen-bond donors (Lipinski definition) is 1. The largest absolute Gasteiger partial charge is 0.508 e. The van der Waals surface area contributed by atoms with Gasteiger partial charge in [0, 0.05) is 22.1 Å². The highest BCUT2D eigenvalue weighted by Crippen LogP contribution is 2.65. The molecule has 3 fully saturated rings. The Bertz CT molecular complexity index is 2620. The van der Waals surface area contributed by atoms with E-state index >= 15 is 9.59 Å². The van der Waals surface area contributed by atoms with Gasteiger partial charge >= 0.3 is 0 Å². The molecule has 6 atom stereocenters. The van der Waals surface area contributed by atoms with Crippen molar-refractivity contribution in [1.29, 1.82) is 0 Å². The lowest BCUT2D eigenvalue weighted by Gasteiger charge is -2.50. The van der Waals surface area contributed by atoms with Crippen molar-refractivity contribution in [2.75, 3.05) is 31.1 Å². The number of anilines is 2. The molecular formula is C49H41ClN2O8. The van der Waals surface area contributed by atoms with Crippen molar-refractivity contribution in [2.45, 2.75) is 24.2 Å². The molecule has 2 heterocycles. The predicted octanol–water partition coefficient (Wildman–Crippen LogP) is 8.61. The van der Waals surface area contributed by atoms with Gasteiger partial charge in [0.1, 0.15) is 23.0 Å². The number of aromatic hydroxyl groups is 1. The molecule has 4 amide bonds. The molecule has 2 aliphatic heterocycles. The quantitative estimate of drug-likeness (QED) is 0.0892. The van der Waals surface area contributed by atoms with E-state index in [4.69, 9.17) is 25.8 Å². The molecule has 11 heteroatoms. The number of imide groups is 2. The lowest BCUT2D eigenvalue weighted by Crippen LogP contribution is -2.53. The summed E-state index contributed by atoms with van der Waals surface area (Å²) in [4.78, 5) is 62.2. The van der Waals surface area contributed by atoms with E-state index in [1.165, 1.54) is 23.0 Å². The first-order valence-electron chi connectivity index (χ1n) is 19.7. The SMILES string of the molecule is COc1ccc(OC)c(C=Cc2ccc(N3C(=O)[C@H]4[C@H](CC=C5[C@H]4C[C@H]4C(=O)N(c6cccc(Cl)c6)C(=O)[C@@]4(c4ccccc4)[C@H]5c4cc(OC)ccc4O)C3=O)cc2)c1. The second-order valence-corrected chi connectivity index (χ2v) is 16.0. The van der Waals surface area contributed by atoms with Gasteiger partial charge in [-0.25, -0.2) is 4.90 Å². The number of hydrogen-bond acceptors (Lipinski definition) is 8. The average molecular weight is 821 g/mol. The minimum atomic E-state index is -1.54. The maximum Gasteiger partial charge on any atom is 0.246 e. The molecule has 60 heavy (non-hydrogen) atoms. The fourth-order valence-corrected chi connectivity index (χ4v) is 10.3. The third kappa shape index (κ3) is 6.00. The van der Waals surface area contributed by atoms with Crippen LogP contribution in [0.1, 0.15) is 41.0 Å². The number of benzene rings is 5. The second-order valence-electron chi connectivity index (χ2n) is 15.6. The Morgan fingerprint density at radius 2 is 1.43 bits per heavy atom. The van der Waals surface area contributed by atoms with Crippen LogP contribution in [0.25, 0.3) is 12.2 Å². The van der Waals surface area contributed by atoms with E-state index < -0.39 is 46.8 Å². The van der Waals surface area contributed by atoms with Gasteiger partial charge in [-0.1, -0.05) is 83.9 Å². The van der Waals surface area contributed by atoms with E-state index in [0.717, 1.165) is 16.7 Å². The summed E-state index contributed by atoms with van der Waals surface area (Å²) in [7, 11) is 4.72. The number of carbonyl (C=O) groups is 4. The molecule has 302 valence electrons. The first-order chi connectivity index (χ1) is 29.1. The van der Waals surface area contributed by atoms with Crippen LogP contribution in [-0.2, 0) is 24.6 Å². The minimum absolute atomic E-state index is 0.0885. The predicted molar refractivity (Wildman–Crippen MR) is 228 cm³/mol. The number of phenolic OH excluding ortho intramolecular Hbond substituents is 1. The number of rotatable bonds is 9. The number of nitrogens with zero attached hydrogens (tertiary/aromatic N) is 2. The highest BCUT2D eigenvalue weighted by atomic mass is 35.5. The first-order valence-corrected chi connectivity index (χ1v) is 20.1. The smallest absolute Gasteiger partial charge is 0.246 e. The molecule has 2 aliphatic carbocycles. The van der Waals surface area contributed by atoms with Gasteiger partial charge in [-0.3, -0.25) is 24.1 Å². The van der Waals surface area contributed by atoms with Crippen LogP contribution < -0.4 is 24.0 Å². The summed E-state index contributed by atoms with van der Waals surface area (Å²) in [5.41, 5.74) is 2.59. The molecule has 4 aliphatic rings. The number of ether oxygens (including phenoxy) is 3. The van der Waals surface area contributed by atoms with Crippen molar-refractivity contribution in [1.82, 2.24) is 0 Å². The van der Waals surface area contributed by atoms with Gasteiger partial charge in [0.15, 0.2) is 0 Å². The Hall–Kier alpha value is -6.65. The maximum atomic E-state index is 15.5. The van der Waals surface area contributed by atoms with Crippen LogP contribution in [0, 0.1) is 23.7 Å². The molecule has 0 unspecified atom stereocenters. The van der Waals surface area contributed by atoms with Crippen molar-refractivity contribution < 1.29 is 38.5 Å². The Balaban J connectivity index is 1.13. The van der Waals surface area contributed by atoms with Gasteiger partial charge in [0.2, 0.25) is 23.6 Å². The zero-order valence-corrected chi connectivity index (χ0v) is 33.8. The zero-order valence-electron chi connectivity index (χ0n) is 33.1. The molecule has 0 bridgehead atoms. The second kappa shape index (κ2) is 15.2. The molecule has 0 radical (unpaired) electrons. The molecule has 1 saturated carbocycles. The van der Waals surface area contributed by atoms with Crippen molar-refractivity contribution in [2.24, 2.45) is 23.7 Å².